The molecule has 3 rings (SSSR count). The molecule has 0 saturated carbocycles. The summed E-state index contributed by atoms with van der Waals surface area (Å²) in [6.45, 7) is 1.79. The van der Waals surface area contributed by atoms with Gasteiger partial charge in [0.25, 0.3) is 0 Å². The van der Waals surface area contributed by atoms with E-state index in [2.05, 4.69) is 15.5 Å². The zero-order valence-corrected chi connectivity index (χ0v) is 12.0. The maximum atomic E-state index is 9.83. The zero-order chi connectivity index (χ0) is 15.5. The lowest BCUT2D eigenvalue weighted by atomic mass is 10.1. The predicted molar refractivity (Wildman–Crippen MR) is 87.3 cm³/mol. The third-order valence-electron chi connectivity index (χ3n) is 3.33. The van der Waals surface area contributed by atoms with Gasteiger partial charge in [-0.1, -0.05) is 24.3 Å². The molecule has 0 unspecified atom stereocenters. The number of hydrogen-bond acceptors (Lipinski definition) is 5. The largest absolute Gasteiger partial charge is 0.507 e. The van der Waals surface area contributed by atoms with Crippen LogP contribution in [0.3, 0.4) is 0 Å². The Balaban J connectivity index is 1.89. The molecule has 0 aliphatic rings. The van der Waals surface area contributed by atoms with Crippen molar-refractivity contribution in [3.63, 3.8) is 0 Å². The van der Waals surface area contributed by atoms with Crippen LogP contribution in [0.25, 0.3) is 10.9 Å². The lowest BCUT2D eigenvalue weighted by molar-refractivity contribution is 0.474. The molecule has 0 aliphatic heterocycles. The molecule has 110 valence electrons. The number of phenols is 2. The van der Waals surface area contributed by atoms with E-state index in [0.717, 1.165) is 5.39 Å². The fraction of sp³-hybridized carbons (Fsp3) is 0.0588. The van der Waals surface area contributed by atoms with Gasteiger partial charge in [-0.3, -0.25) is 5.43 Å². The number of hydrazone groups is 1. The van der Waals surface area contributed by atoms with Crippen LogP contribution >= 0.6 is 0 Å². The molecule has 0 amide bonds. The molecule has 0 bridgehead atoms. The quantitative estimate of drug-likeness (QED) is 0.510. The van der Waals surface area contributed by atoms with Gasteiger partial charge in [0, 0.05) is 10.9 Å². The van der Waals surface area contributed by atoms with Gasteiger partial charge in [-0.15, -0.1) is 0 Å². The standard InChI is InChI=1S/C17H15N3O2/c1-11(13-6-2-3-7-14(13)21)19-20-16-10-9-12-5-4-8-15(22)17(12)18-16/h2-10,21-22H,1H3,(H,18,20)/b19-11-. The number of phenolic OH excluding ortho intramolecular Hbond substituents is 2. The van der Waals surface area contributed by atoms with Crippen LogP contribution in [0.5, 0.6) is 11.5 Å². The van der Waals surface area contributed by atoms with Crippen molar-refractivity contribution in [1.82, 2.24) is 4.98 Å². The summed E-state index contributed by atoms with van der Waals surface area (Å²) in [5.74, 6) is 0.820. The lowest BCUT2D eigenvalue weighted by Crippen LogP contribution is -2.01. The SMILES string of the molecule is C/C(=N/Nc1ccc2cccc(O)c2n1)c1ccccc1O. The van der Waals surface area contributed by atoms with Crippen LogP contribution in [-0.4, -0.2) is 20.9 Å². The van der Waals surface area contributed by atoms with Crippen molar-refractivity contribution in [2.45, 2.75) is 6.92 Å². The van der Waals surface area contributed by atoms with Gasteiger partial charge in [-0.25, -0.2) is 4.98 Å². The molecule has 0 saturated heterocycles. The van der Waals surface area contributed by atoms with Gasteiger partial charge >= 0.3 is 0 Å². The lowest BCUT2D eigenvalue weighted by Gasteiger charge is -2.06. The van der Waals surface area contributed by atoms with E-state index in [1.165, 1.54) is 0 Å². The van der Waals surface area contributed by atoms with Crippen molar-refractivity contribution in [3.8, 4) is 11.5 Å². The van der Waals surface area contributed by atoms with E-state index in [1.54, 1.807) is 43.3 Å². The minimum absolute atomic E-state index is 0.127. The fourth-order valence-corrected chi connectivity index (χ4v) is 2.17. The van der Waals surface area contributed by atoms with E-state index in [0.29, 0.717) is 22.6 Å². The molecule has 3 aromatic rings. The van der Waals surface area contributed by atoms with Crippen LogP contribution in [0, 0.1) is 0 Å². The van der Waals surface area contributed by atoms with Gasteiger partial charge in [-0.05, 0) is 37.3 Å². The molecule has 0 atom stereocenters. The number of aromatic hydroxyl groups is 2. The number of fused-ring (bicyclic) bond motifs is 1. The molecule has 2 aromatic carbocycles. The van der Waals surface area contributed by atoms with E-state index in [-0.39, 0.29) is 11.5 Å². The molecule has 5 nitrogen and oxygen atoms in total. The molecule has 5 heteroatoms. The van der Waals surface area contributed by atoms with E-state index in [9.17, 15) is 10.2 Å². The molecule has 22 heavy (non-hydrogen) atoms. The second-order valence-electron chi connectivity index (χ2n) is 4.87. The first-order chi connectivity index (χ1) is 10.6. The van der Waals surface area contributed by atoms with Crippen LogP contribution in [0.2, 0.25) is 0 Å². The van der Waals surface area contributed by atoms with E-state index in [4.69, 9.17) is 0 Å². The van der Waals surface area contributed by atoms with E-state index in [1.807, 2.05) is 18.2 Å². The zero-order valence-electron chi connectivity index (χ0n) is 12.0. The van der Waals surface area contributed by atoms with Crippen molar-refractivity contribution < 1.29 is 10.2 Å². The van der Waals surface area contributed by atoms with E-state index < -0.39 is 0 Å². The summed E-state index contributed by atoms with van der Waals surface area (Å²) >= 11 is 0. The highest BCUT2D eigenvalue weighted by Crippen LogP contribution is 2.24. The molecular formula is C17H15N3O2. The second-order valence-corrected chi connectivity index (χ2v) is 4.87. The highest BCUT2D eigenvalue weighted by Gasteiger charge is 2.04. The summed E-state index contributed by atoms with van der Waals surface area (Å²) in [4.78, 5) is 4.33. The van der Waals surface area contributed by atoms with Crippen molar-refractivity contribution in [2.24, 2.45) is 5.10 Å². The highest BCUT2D eigenvalue weighted by molar-refractivity contribution is 6.01. The number of para-hydroxylation sites is 2. The summed E-state index contributed by atoms with van der Waals surface area (Å²) in [7, 11) is 0. The Morgan fingerprint density at radius 3 is 2.55 bits per heavy atom. The molecule has 0 fully saturated rings. The Labute approximate surface area is 127 Å². The average molecular weight is 293 g/mol. The number of pyridine rings is 1. The van der Waals surface area contributed by atoms with Gasteiger partial charge < -0.3 is 10.2 Å². The first kappa shape index (κ1) is 13.9. The summed E-state index contributed by atoms with van der Waals surface area (Å²) in [5.41, 5.74) is 4.65. The Bertz CT molecular complexity index is 859. The number of anilines is 1. The molecule has 0 spiro atoms. The minimum Gasteiger partial charge on any atom is -0.507 e. The smallest absolute Gasteiger partial charge is 0.147 e. The number of nitrogens with zero attached hydrogens (tertiary/aromatic N) is 2. The number of benzene rings is 2. The van der Waals surface area contributed by atoms with Crippen LogP contribution in [-0.2, 0) is 0 Å². The molecule has 0 radical (unpaired) electrons. The van der Waals surface area contributed by atoms with Gasteiger partial charge in [0.05, 0.1) is 5.71 Å². The van der Waals surface area contributed by atoms with Crippen molar-refractivity contribution >= 4 is 22.4 Å². The van der Waals surface area contributed by atoms with Crippen LogP contribution in [0.4, 0.5) is 5.82 Å². The van der Waals surface area contributed by atoms with Crippen molar-refractivity contribution in [1.29, 1.82) is 0 Å². The van der Waals surface area contributed by atoms with Crippen LogP contribution in [0.1, 0.15) is 12.5 Å². The molecular weight excluding hydrogens is 278 g/mol. The van der Waals surface area contributed by atoms with Gasteiger partial charge in [0.1, 0.15) is 22.8 Å². The third-order valence-corrected chi connectivity index (χ3v) is 3.33. The first-order valence-electron chi connectivity index (χ1n) is 6.82. The monoisotopic (exact) mass is 293 g/mol. The molecule has 1 aromatic heterocycles. The van der Waals surface area contributed by atoms with Crippen LogP contribution in [0.15, 0.2) is 59.7 Å². The third kappa shape index (κ3) is 2.69. The molecule has 0 aliphatic carbocycles. The fourth-order valence-electron chi connectivity index (χ4n) is 2.17. The first-order valence-corrected chi connectivity index (χ1v) is 6.82. The molecule has 1 heterocycles. The van der Waals surface area contributed by atoms with E-state index >= 15 is 0 Å². The summed E-state index contributed by atoms with van der Waals surface area (Å²) in [6, 6.07) is 15.9. The summed E-state index contributed by atoms with van der Waals surface area (Å²) in [6.07, 6.45) is 0. The highest BCUT2D eigenvalue weighted by atomic mass is 16.3. The topological polar surface area (TPSA) is 77.7 Å². The molecule has 3 N–H and O–H groups in total. The maximum absolute atomic E-state index is 9.83. The number of aromatic nitrogens is 1. The Morgan fingerprint density at radius 1 is 0.955 bits per heavy atom. The average Bonchev–Trinajstić information content (AvgIpc) is 2.53. The van der Waals surface area contributed by atoms with Crippen molar-refractivity contribution in [3.05, 3.63) is 60.2 Å². The maximum Gasteiger partial charge on any atom is 0.147 e. The van der Waals surface area contributed by atoms with Gasteiger partial charge in [0.15, 0.2) is 0 Å². The Morgan fingerprint density at radius 2 is 1.73 bits per heavy atom. The number of hydrogen-bond donors (Lipinski definition) is 3. The number of rotatable bonds is 3. The van der Waals surface area contributed by atoms with Crippen molar-refractivity contribution in [2.75, 3.05) is 5.43 Å². The van der Waals surface area contributed by atoms with Gasteiger partial charge in [0.2, 0.25) is 0 Å². The van der Waals surface area contributed by atoms with Gasteiger partial charge in [-0.2, -0.15) is 5.10 Å². The van der Waals surface area contributed by atoms with Crippen LogP contribution < -0.4 is 5.43 Å². The minimum atomic E-state index is 0.127. The Hall–Kier alpha value is -3.08. The summed E-state index contributed by atoms with van der Waals surface area (Å²) in [5, 5.41) is 24.7. The number of nitrogens with one attached hydrogen (secondary N) is 1. The normalized spacial score (nSPS) is 11.6. The second kappa shape index (κ2) is 5.73. The predicted octanol–water partition coefficient (Wildman–Crippen LogP) is 3.48. The summed E-state index contributed by atoms with van der Waals surface area (Å²) < 4.78 is 0. The Kier molecular flexibility index (Phi) is 3.62.